The van der Waals surface area contributed by atoms with Crippen molar-refractivity contribution in [3.63, 3.8) is 0 Å². The Morgan fingerprint density at radius 3 is 2.86 bits per heavy atom. The molecule has 0 aromatic carbocycles. The first kappa shape index (κ1) is 16.5. The highest BCUT2D eigenvalue weighted by Gasteiger charge is 2.37. The molecule has 1 aromatic heterocycles. The maximum absolute atomic E-state index is 12.4. The van der Waals surface area contributed by atoms with E-state index in [2.05, 4.69) is 29.0 Å². The number of nitrogens with zero attached hydrogens (tertiary/aromatic N) is 2. The molecule has 1 heterocycles. The van der Waals surface area contributed by atoms with Crippen LogP contribution in [0.3, 0.4) is 0 Å². The SMILES string of the molecule is CNCCCn1cc(S(=O)(=O)NC2CCCC2(C)C)cn1. The number of hydrogen-bond acceptors (Lipinski definition) is 4. The van der Waals surface area contributed by atoms with Gasteiger partial charge in [-0.15, -0.1) is 0 Å². The van der Waals surface area contributed by atoms with Gasteiger partial charge in [0.25, 0.3) is 0 Å². The summed E-state index contributed by atoms with van der Waals surface area (Å²) in [7, 11) is -1.58. The Morgan fingerprint density at radius 2 is 2.24 bits per heavy atom. The van der Waals surface area contributed by atoms with Gasteiger partial charge in [0, 0.05) is 18.8 Å². The Labute approximate surface area is 127 Å². The van der Waals surface area contributed by atoms with Crippen LogP contribution in [0.5, 0.6) is 0 Å². The van der Waals surface area contributed by atoms with Gasteiger partial charge in [0.2, 0.25) is 10.0 Å². The molecular formula is C14H26N4O2S. The summed E-state index contributed by atoms with van der Waals surface area (Å²) in [5.41, 5.74) is 0.0237. The van der Waals surface area contributed by atoms with Gasteiger partial charge in [0.05, 0.1) is 6.20 Å². The lowest BCUT2D eigenvalue weighted by Crippen LogP contribution is -2.41. The summed E-state index contributed by atoms with van der Waals surface area (Å²) < 4.78 is 29.4. The third-order valence-electron chi connectivity index (χ3n) is 4.29. The monoisotopic (exact) mass is 314 g/mol. The standard InChI is InChI=1S/C14H26N4O2S/c1-14(2)7-4-6-13(14)17-21(19,20)12-10-16-18(11-12)9-5-8-15-3/h10-11,13,15,17H,4-9H2,1-3H3. The first-order valence-electron chi connectivity index (χ1n) is 7.54. The highest BCUT2D eigenvalue weighted by Crippen LogP contribution is 2.37. The van der Waals surface area contributed by atoms with E-state index in [1.54, 1.807) is 10.9 Å². The van der Waals surface area contributed by atoms with Crippen molar-refractivity contribution >= 4 is 10.0 Å². The van der Waals surface area contributed by atoms with E-state index in [1.165, 1.54) is 6.20 Å². The number of aryl methyl sites for hydroxylation is 1. The smallest absolute Gasteiger partial charge is 0.243 e. The van der Waals surface area contributed by atoms with Crippen LogP contribution in [-0.4, -0.2) is 37.8 Å². The molecule has 0 amide bonds. The molecule has 2 N–H and O–H groups in total. The number of aromatic nitrogens is 2. The molecule has 1 saturated carbocycles. The van der Waals surface area contributed by atoms with Gasteiger partial charge in [0.15, 0.2) is 0 Å². The second-order valence-corrected chi connectivity index (χ2v) is 8.16. The predicted molar refractivity (Wildman–Crippen MR) is 82.5 cm³/mol. The summed E-state index contributed by atoms with van der Waals surface area (Å²) in [6.07, 6.45) is 7.00. The van der Waals surface area contributed by atoms with Gasteiger partial charge in [-0.1, -0.05) is 20.3 Å². The van der Waals surface area contributed by atoms with Crippen molar-refractivity contribution in [2.75, 3.05) is 13.6 Å². The topological polar surface area (TPSA) is 76.0 Å². The lowest BCUT2D eigenvalue weighted by atomic mass is 9.88. The second kappa shape index (κ2) is 6.46. The number of nitrogens with one attached hydrogen (secondary N) is 2. The minimum absolute atomic E-state index is 0.00939. The Morgan fingerprint density at radius 1 is 1.48 bits per heavy atom. The van der Waals surface area contributed by atoms with Crippen molar-refractivity contribution in [2.45, 2.75) is 57.0 Å². The fourth-order valence-electron chi connectivity index (χ4n) is 2.82. The van der Waals surface area contributed by atoms with Crippen molar-refractivity contribution in [1.29, 1.82) is 0 Å². The fourth-order valence-corrected chi connectivity index (χ4v) is 4.22. The predicted octanol–water partition coefficient (Wildman–Crippen LogP) is 1.35. The van der Waals surface area contributed by atoms with Crippen LogP contribution in [0.2, 0.25) is 0 Å². The van der Waals surface area contributed by atoms with E-state index >= 15 is 0 Å². The normalized spacial score (nSPS) is 21.8. The zero-order valence-electron chi connectivity index (χ0n) is 13.1. The molecule has 0 aliphatic heterocycles. The van der Waals surface area contributed by atoms with E-state index in [1.807, 2.05) is 7.05 Å². The minimum atomic E-state index is -3.47. The van der Waals surface area contributed by atoms with Gasteiger partial charge in [-0.25, -0.2) is 13.1 Å². The van der Waals surface area contributed by atoms with Gasteiger partial charge in [-0.05, 0) is 38.3 Å². The third kappa shape index (κ3) is 4.05. The molecule has 1 aliphatic rings. The maximum Gasteiger partial charge on any atom is 0.243 e. The molecule has 21 heavy (non-hydrogen) atoms. The Bertz CT molecular complexity index is 565. The summed E-state index contributed by atoms with van der Waals surface area (Å²) in [5, 5.41) is 7.20. The molecule has 1 atom stereocenters. The van der Waals surface area contributed by atoms with Crippen LogP contribution in [0.25, 0.3) is 0 Å². The van der Waals surface area contributed by atoms with Crippen molar-refractivity contribution in [1.82, 2.24) is 19.8 Å². The molecule has 1 aliphatic carbocycles. The molecule has 7 heteroatoms. The Hall–Kier alpha value is -0.920. The Balaban J connectivity index is 2.02. The van der Waals surface area contributed by atoms with Crippen molar-refractivity contribution in [3.05, 3.63) is 12.4 Å². The molecule has 0 bridgehead atoms. The van der Waals surface area contributed by atoms with E-state index < -0.39 is 10.0 Å². The molecule has 2 rings (SSSR count). The lowest BCUT2D eigenvalue weighted by molar-refractivity contribution is 0.313. The van der Waals surface area contributed by atoms with Crippen LogP contribution in [0.1, 0.15) is 39.5 Å². The van der Waals surface area contributed by atoms with Crippen LogP contribution >= 0.6 is 0 Å². The fraction of sp³-hybridized carbons (Fsp3) is 0.786. The molecule has 120 valence electrons. The summed E-state index contributed by atoms with van der Waals surface area (Å²) in [5.74, 6) is 0. The highest BCUT2D eigenvalue weighted by atomic mass is 32.2. The van der Waals surface area contributed by atoms with Gasteiger partial charge in [0.1, 0.15) is 4.90 Å². The number of hydrogen-bond donors (Lipinski definition) is 2. The molecule has 0 spiro atoms. The maximum atomic E-state index is 12.4. The average molecular weight is 314 g/mol. The zero-order chi connectivity index (χ0) is 15.5. The van der Waals surface area contributed by atoms with Gasteiger partial charge in [-0.2, -0.15) is 5.10 Å². The molecule has 6 nitrogen and oxygen atoms in total. The number of rotatable bonds is 7. The quantitative estimate of drug-likeness (QED) is 0.745. The first-order valence-corrected chi connectivity index (χ1v) is 9.03. The minimum Gasteiger partial charge on any atom is -0.320 e. The third-order valence-corrected chi connectivity index (χ3v) is 5.71. The van der Waals surface area contributed by atoms with E-state index in [0.29, 0.717) is 6.54 Å². The summed E-state index contributed by atoms with van der Waals surface area (Å²) in [6.45, 7) is 5.84. The van der Waals surface area contributed by atoms with E-state index in [0.717, 1.165) is 32.2 Å². The van der Waals surface area contributed by atoms with Crippen molar-refractivity contribution in [2.24, 2.45) is 5.41 Å². The molecule has 1 unspecified atom stereocenters. The molecule has 1 aromatic rings. The number of sulfonamides is 1. The lowest BCUT2D eigenvalue weighted by Gasteiger charge is -2.27. The highest BCUT2D eigenvalue weighted by molar-refractivity contribution is 7.89. The van der Waals surface area contributed by atoms with Gasteiger partial charge < -0.3 is 5.32 Å². The van der Waals surface area contributed by atoms with E-state index in [-0.39, 0.29) is 16.4 Å². The molecule has 1 fully saturated rings. The van der Waals surface area contributed by atoms with Gasteiger partial charge >= 0.3 is 0 Å². The zero-order valence-corrected chi connectivity index (χ0v) is 13.9. The average Bonchev–Trinajstić information content (AvgIpc) is 2.98. The second-order valence-electron chi connectivity index (χ2n) is 6.45. The summed E-state index contributed by atoms with van der Waals surface area (Å²) in [4.78, 5) is 0.259. The first-order chi connectivity index (χ1) is 9.85. The molecular weight excluding hydrogens is 288 g/mol. The molecule has 0 saturated heterocycles. The van der Waals surface area contributed by atoms with Crippen LogP contribution in [0.15, 0.2) is 17.3 Å². The van der Waals surface area contributed by atoms with Crippen LogP contribution in [0, 0.1) is 5.41 Å². The largest absolute Gasteiger partial charge is 0.320 e. The molecule has 0 radical (unpaired) electrons. The van der Waals surface area contributed by atoms with Crippen molar-refractivity contribution in [3.8, 4) is 0 Å². The van der Waals surface area contributed by atoms with Crippen LogP contribution in [0.4, 0.5) is 0 Å². The summed E-state index contributed by atoms with van der Waals surface area (Å²) >= 11 is 0. The Kier molecular flexibility index (Phi) is 5.06. The van der Waals surface area contributed by atoms with Crippen LogP contribution < -0.4 is 10.0 Å². The summed E-state index contributed by atoms with van der Waals surface area (Å²) in [6, 6.07) is 0.00939. The van der Waals surface area contributed by atoms with Gasteiger partial charge in [-0.3, -0.25) is 4.68 Å². The van der Waals surface area contributed by atoms with Crippen LogP contribution in [-0.2, 0) is 16.6 Å². The van der Waals surface area contributed by atoms with E-state index in [9.17, 15) is 8.42 Å². The van der Waals surface area contributed by atoms with E-state index in [4.69, 9.17) is 0 Å². The van der Waals surface area contributed by atoms with Crippen molar-refractivity contribution < 1.29 is 8.42 Å².